The van der Waals surface area contributed by atoms with Gasteiger partial charge in [-0.25, -0.2) is 9.78 Å². The number of esters is 1. The Kier molecular flexibility index (Phi) is 5.20. The second kappa shape index (κ2) is 7.54. The minimum absolute atomic E-state index is 0.0365. The highest BCUT2D eigenvalue weighted by molar-refractivity contribution is 6.28. The van der Waals surface area contributed by atoms with Crippen molar-refractivity contribution >= 4 is 23.5 Å². The molecule has 1 aromatic heterocycles. The first-order valence-electron chi connectivity index (χ1n) is 7.76. The molecule has 0 aliphatic carbocycles. The maximum Gasteiger partial charge on any atom is 0.336 e. The lowest BCUT2D eigenvalue weighted by atomic mass is 10.1. The Morgan fingerprint density at radius 1 is 1.24 bits per heavy atom. The average Bonchev–Trinajstić information content (AvgIpc) is 3.11. The van der Waals surface area contributed by atoms with Gasteiger partial charge in [-0.3, -0.25) is 4.79 Å². The Bertz CT molecular complexity index is 787. The van der Waals surface area contributed by atoms with Gasteiger partial charge in [0.05, 0.1) is 6.54 Å². The van der Waals surface area contributed by atoms with Crippen LogP contribution in [0.1, 0.15) is 29.0 Å². The summed E-state index contributed by atoms with van der Waals surface area (Å²) in [7, 11) is 0. The summed E-state index contributed by atoms with van der Waals surface area (Å²) in [5.41, 5.74) is 5.99. The molecule has 1 saturated heterocycles. The lowest BCUT2D eigenvalue weighted by molar-refractivity contribution is -0.139. The maximum absolute atomic E-state index is 12.6. The van der Waals surface area contributed by atoms with Gasteiger partial charge in [-0.1, -0.05) is 18.2 Å². The molecule has 1 atom stereocenters. The molecular formula is C16H16ClN5O3. The average molecular weight is 362 g/mol. The molecule has 1 fully saturated rings. The van der Waals surface area contributed by atoms with Crippen molar-refractivity contribution in [3.05, 3.63) is 47.0 Å². The number of likely N-dealkylation sites (tertiary alicyclic amines) is 1. The van der Waals surface area contributed by atoms with Gasteiger partial charge in [-0.05, 0) is 36.6 Å². The van der Waals surface area contributed by atoms with E-state index in [4.69, 9.17) is 22.1 Å². The summed E-state index contributed by atoms with van der Waals surface area (Å²) in [6, 6.07) is 7.89. The third kappa shape index (κ3) is 3.92. The predicted octanol–water partition coefficient (Wildman–Crippen LogP) is 1.19. The first-order chi connectivity index (χ1) is 12.1. The Morgan fingerprint density at radius 3 is 2.72 bits per heavy atom. The molecule has 25 heavy (non-hydrogen) atoms. The summed E-state index contributed by atoms with van der Waals surface area (Å²) in [5.74, 6) is -0.602. The number of ether oxygens (including phenoxy) is 1. The van der Waals surface area contributed by atoms with Crippen molar-refractivity contribution in [1.82, 2.24) is 19.9 Å². The number of hydrogen-bond donors (Lipinski definition) is 1. The van der Waals surface area contributed by atoms with Crippen molar-refractivity contribution in [2.24, 2.45) is 5.73 Å². The van der Waals surface area contributed by atoms with Crippen LogP contribution in [0.4, 0.5) is 0 Å². The topological polar surface area (TPSA) is 111 Å². The van der Waals surface area contributed by atoms with Crippen LogP contribution in [-0.4, -0.2) is 44.3 Å². The number of aromatic nitrogens is 3. The van der Waals surface area contributed by atoms with Gasteiger partial charge in [0.25, 0.3) is 5.91 Å². The van der Waals surface area contributed by atoms with E-state index < -0.39 is 12.0 Å². The zero-order valence-electron chi connectivity index (χ0n) is 13.3. The van der Waals surface area contributed by atoms with Crippen LogP contribution in [0.25, 0.3) is 0 Å². The molecule has 0 bridgehead atoms. The number of rotatable bonds is 4. The van der Waals surface area contributed by atoms with Gasteiger partial charge in [-0.2, -0.15) is 9.97 Å². The van der Waals surface area contributed by atoms with Crippen LogP contribution in [0.2, 0.25) is 5.28 Å². The first kappa shape index (κ1) is 17.2. The van der Waals surface area contributed by atoms with Crippen LogP contribution >= 0.6 is 11.6 Å². The van der Waals surface area contributed by atoms with Crippen LogP contribution in [-0.2, 0) is 11.3 Å². The van der Waals surface area contributed by atoms with E-state index in [0.717, 1.165) is 0 Å². The largest absolute Gasteiger partial charge is 0.389 e. The molecule has 0 saturated carbocycles. The Morgan fingerprint density at radius 2 is 2.00 bits per heavy atom. The highest BCUT2D eigenvalue weighted by atomic mass is 35.5. The number of nitrogens with zero attached hydrogens (tertiary/aromatic N) is 4. The SMILES string of the molecule is NCc1nc(Cl)nc(OC(=O)[C@@H]2CCCN2C(=O)c2ccccc2)n1. The number of benzene rings is 1. The van der Waals surface area contributed by atoms with Gasteiger partial charge < -0.3 is 15.4 Å². The van der Waals surface area contributed by atoms with Gasteiger partial charge in [0.1, 0.15) is 6.04 Å². The number of hydrogen-bond acceptors (Lipinski definition) is 7. The van der Waals surface area contributed by atoms with E-state index >= 15 is 0 Å². The van der Waals surface area contributed by atoms with E-state index in [-0.39, 0.29) is 29.6 Å². The molecule has 1 aliphatic rings. The van der Waals surface area contributed by atoms with Crippen LogP contribution < -0.4 is 10.5 Å². The van der Waals surface area contributed by atoms with E-state index in [1.165, 1.54) is 4.90 Å². The third-order valence-corrected chi connectivity index (χ3v) is 3.98. The number of halogens is 1. The summed E-state index contributed by atoms with van der Waals surface area (Å²) in [6.45, 7) is 0.522. The Hall–Kier alpha value is -2.58. The van der Waals surface area contributed by atoms with Crippen molar-refractivity contribution in [2.45, 2.75) is 25.4 Å². The van der Waals surface area contributed by atoms with Crippen molar-refractivity contribution in [3.8, 4) is 6.01 Å². The third-order valence-electron chi connectivity index (χ3n) is 3.81. The molecule has 0 spiro atoms. The molecule has 3 rings (SSSR count). The monoisotopic (exact) mass is 361 g/mol. The van der Waals surface area contributed by atoms with E-state index in [1.54, 1.807) is 24.3 Å². The highest BCUT2D eigenvalue weighted by Gasteiger charge is 2.36. The molecule has 1 aliphatic heterocycles. The van der Waals surface area contributed by atoms with E-state index in [0.29, 0.717) is 24.9 Å². The van der Waals surface area contributed by atoms with Gasteiger partial charge in [-0.15, -0.1) is 0 Å². The number of carbonyl (C=O) groups excluding carboxylic acids is 2. The molecule has 2 aromatic rings. The molecule has 8 nitrogen and oxygen atoms in total. The summed E-state index contributed by atoms with van der Waals surface area (Å²) < 4.78 is 5.20. The maximum atomic E-state index is 12.6. The van der Waals surface area contributed by atoms with Crippen LogP contribution in [0.15, 0.2) is 30.3 Å². The number of nitrogens with two attached hydrogens (primary N) is 1. The van der Waals surface area contributed by atoms with Gasteiger partial charge in [0.15, 0.2) is 5.82 Å². The molecule has 0 unspecified atom stereocenters. The standard InChI is InChI=1S/C16H16ClN5O3/c17-15-19-12(9-18)20-16(21-15)25-14(24)11-7-4-8-22(11)13(23)10-5-2-1-3-6-10/h1-3,5-6,11H,4,7-9,18H2/t11-/m0/s1. The van der Waals surface area contributed by atoms with Gasteiger partial charge in [0, 0.05) is 12.1 Å². The fraction of sp³-hybridized carbons (Fsp3) is 0.312. The second-order valence-electron chi connectivity index (χ2n) is 5.45. The van der Waals surface area contributed by atoms with Crippen molar-refractivity contribution in [1.29, 1.82) is 0 Å². The molecule has 0 radical (unpaired) electrons. The Balaban J connectivity index is 1.75. The predicted molar refractivity (Wildman–Crippen MR) is 88.9 cm³/mol. The zero-order valence-corrected chi connectivity index (χ0v) is 14.0. The highest BCUT2D eigenvalue weighted by Crippen LogP contribution is 2.22. The minimum Gasteiger partial charge on any atom is -0.389 e. The molecule has 2 heterocycles. The van der Waals surface area contributed by atoms with Crippen molar-refractivity contribution in [3.63, 3.8) is 0 Å². The van der Waals surface area contributed by atoms with Crippen LogP contribution in [0.5, 0.6) is 6.01 Å². The Labute approximate surface area is 149 Å². The molecule has 1 amide bonds. The van der Waals surface area contributed by atoms with Crippen molar-refractivity contribution < 1.29 is 14.3 Å². The zero-order chi connectivity index (χ0) is 17.8. The fourth-order valence-corrected chi connectivity index (χ4v) is 2.84. The summed E-state index contributed by atoms with van der Waals surface area (Å²) >= 11 is 5.76. The number of carbonyl (C=O) groups is 2. The van der Waals surface area contributed by atoms with E-state index in [9.17, 15) is 9.59 Å². The lowest BCUT2D eigenvalue weighted by Gasteiger charge is -2.22. The van der Waals surface area contributed by atoms with Crippen LogP contribution in [0, 0.1) is 0 Å². The van der Waals surface area contributed by atoms with E-state index in [1.807, 2.05) is 6.07 Å². The molecular weight excluding hydrogens is 346 g/mol. The summed E-state index contributed by atoms with van der Waals surface area (Å²) in [5, 5.41) is -0.109. The minimum atomic E-state index is -0.690. The summed E-state index contributed by atoms with van der Waals surface area (Å²) in [4.78, 5) is 38.1. The van der Waals surface area contributed by atoms with Crippen molar-refractivity contribution in [2.75, 3.05) is 6.54 Å². The van der Waals surface area contributed by atoms with Gasteiger partial charge >= 0.3 is 12.0 Å². The second-order valence-corrected chi connectivity index (χ2v) is 5.79. The fourth-order valence-electron chi connectivity index (χ4n) is 2.67. The molecule has 9 heteroatoms. The smallest absolute Gasteiger partial charge is 0.336 e. The van der Waals surface area contributed by atoms with Gasteiger partial charge in [0.2, 0.25) is 5.28 Å². The summed E-state index contributed by atoms with van der Waals surface area (Å²) in [6.07, 6.45) is 1.23. The lowest BCUT2D eigenvalue weighted by Crippen LogP contribution is -2.42. The normalized spacial score (nSPS) is 16.7. The number of amides is 1. The molecule has 1 aromatic carbocycles. The first-order valence-corrected chi connectivity index (χ1v) is 8.14. The molecule has 130 valence electrons. The van der Waals surface area contributed by atoms with Crippen LogP contribution in [0.3, 0.4) is 0 Å². The molecule has 2 N–H and O–H groups in total. The quantitative estimate of drug-likeness (QED) is 0.814. The van der Waals surface area contributed by atoms with E-state index in [2.05, 4.69) is 15.0 Å².